The molecule has 2 heteroatoms. The minimum Gasteiger partial charge on any atom is -0.309 e. The highest BCUT2D eigenvalue weighted by Gasteiger charge is 2.08. The van der Waals surface area contributed by atoms with Gasteiger partial charge in [0.1, 0.15) is 0 Å². The highest BCUT2D eigenvalue weighted by atomic mass is 32.1. The van der Waals surface area contributed by atoms with E-state index in [0.717, 1.165) is 13.0 Å². The van der Waals surface area contributed by atoms with Crippen molar-refractivity contribution in [2.45, 2.75) is 26.3 Å². The molecule has 1 aromatic rings. The van der Waals surface area contributed by atoms with Gasteiger partial charge in [-0.15, -0.1) is 23.2 Å². The van der Waals surface area contributed by atoms with Crippen LogP contribution in [-0.4, -0.2) is 6.54 Å². The van der Waals surface area contributed by atoms with Crippen LogP contribution >= 0.6 is 11.3 Å². The van der Waals surface area contributed by atoms with Crippen molar-refractivity contribution in [1.82, 2.24) is 5.32 Å². The Morgan fingerprint density at radius 2 is 2.46 bits per heavy atom. The Kier molecular flexibility index (Phi) is 4.59. The van der Waals surface area contributed by atoms with Gasteiger partial charge in [0.2, 0.25) is 0 Å². The normalized spacial score (nSPS) is 11.8. The summed E-state index contributed by atoms with van der Waals surface area (Å²) >= 11 is 1.79. The molecule has 1 nitrogen and oxygen atoms in total. The van der Waals surface area contributed by atoms with E-state index in [1.54, 1.807) is 11.3 Å². The van der Waals surface area contributed by atoms with Crippen LogP contribution in [0, 0.1) is 11.8 Å². The first-order valence-electron chi connectivity index (χ1n) is 4.54. The van der Waals surface area contributed by atoms with Gasteiger partial charge >= 0.3 is 0 Å². The molecule has 0 radical (unpaired) electrons. The predicted octanol–water partition coefficient (Wildman–Crippen LogP) is 2.81. The van der Waals surface area contributed by atoms with E-state index < -0.39 is 0 Å². The summed E-state index contributed by atoms with van der Waals surface area (Å²) < 4.78 is 0. The summed E-state index contributed by atoms with van der Waals surface area (Å²) in [6.45, 7) is 5.01. The number of hydrogen-bond donors (Lipinski definition) is 1. The van der Waals surface area contributed by atoms with Crippen molar-refractivity contribution < 1.29 is 0 Å². The van der Waals surface area contributed by atoms with E-state index in [0.29, 0.717) is 6.04 Å². The first-order chi connectivity index (χ1) is 6.38. The van der Waals surface area contributed by atoms with Crippen molar-refractivity contribution in [1.29, 1.82) is 0 Å². The van der Waals surface area contributed by atoms with E-state index in [1.165, 1.54) is 4.88 Å². The van der Waals surface area contributed by atoms with Crippen LogP contribution in [0.25, 0.3) is 0 Å². The third kappa shape index (κ3) is 3.22. The van der Waals surface area contributed by atoms with Gasteiger partial charge in [0.05, 0.1) is 6.04 Å². The SMILES string of the molecule is CC#CCC(NCC)c1cccs1. The standard InChI is InChI=1S/C11H15NS/c1-3-5-7-10(12-4-2)11-8-6-9-13-11/h6,8-10,12H,4,7H2,1-2H3. The zero-order valence-electron chi connectivity index (χ0n) is 8.13. The molecule has 0 aliphatic carbocycles. The maximum atomic E-state index is 3.43. The van der Waals surface area contributed by atoms with E-state index in [4.69, 9.17) is 0 Å². The maximum Gasteiger partial charge on any atom is 0.0525 e. The van der Waals surface area contributed by atoms with Gasteiger partial charge in [-0.25, -0.2) is 0 Å². The fraction of sp³-hybridized carbons (Fsp3) is 0.455. The van der Waals surface area contributed by atoms with Gasteiger partial charge in [0, 0.05) is 11.3 Å². The fourth-order valence-corrected chi connectivity index (χ4v) is 2.02. The summed E-state index contributed by atoms with van der Waals surface area (Å²) in [5.41, 5.74) is 0. The average Bonchev–Trinajstić information content (AvgIpc) is 2.65. The molecule has 1 unspecified atom stereocenters. The van der Waals surface area contributed by atoms with Gasteiger partial charge in [-0.05, 0) is 24.9 Å². The molecule has 0 aromatic carbocycles. The highest BCUT2D eigenvalue weighted by Crippen LogP contribution is 2.21. The van der Waals surface area contributed by atoms with Crippen molar-refractivity contribution in [3.63, 3.8) is 0 Å². The summed E-state index contributed by atoms with van der Waals surface area (Å²) in [6, 6.07) is 4.66. The third-order valence-electron chi connectivity index (χ3n) is 1.82. The largest absolute Gasteiger partial charge is 0.309 e. The lowest BCUT2D eigenvalue weighted by Gasteiger charge is -2.12. The molecule has 0 spiro atoms. The van der Waals surface area contributed by atoms with E-state index in [-0.39, 0.29) is 0 Å². The molecule has 0 bridgehead atoms. The summed E-state index contributed by atoms with van der Waals surface area (Å²) in [7, 11) is 0. The quantitative estimate of drug-likeness (QED) is 0.725. The molecule has 0 fully saturated rings. The van der Waals surface area contributed by atoms with E-state index >= 15 is 0 Å². The van der Waals surface area contributed by atoms with E-state index in [1.807, 2.05) is 6.92 Å². The van der Waals surface area contributed by atoms with Crippen LogP contribution in [0.3, 0.4) is 0 Å². The molecule has 1 heterocycles. The lowest BCUT2D eigenvalue weighted by Crippen LogP contribution is -2.19. The second-order valence-corrected chi connectivity index (χ2v) is 3.74. The van der Waals surface area contributed by atoms with Crippen LogP contribution in [0.15, 0.2) is 17.5 Å². The van der Waals surface area contributed by atoms with Crippen LogP contribution < -0.4 is 5.32 Å². The predicted molar refractivity (Wildman–Crippen MR) is 58.8 cm³/mol. The molecule has 1 N–H and O–H groups in total. The van der Waals surface area contributed by atoms with Crippen LogP contribution in [-0.2, 0) is 0 Å². The van der Waals surface area contributed by atoms with Gasteiger partial charge in [0.15, 0.2) is 0 Å². The van der Waals surface area contributed by atoms with Crippen molar-refractivity contribution in [3.8, 4) is 11.8 Å². The van der Waals surface area contributed by atoms with Crippen molar-refractivity contribution in [2.75, 3.05) is 6.54 Å². The zero-order valence-corrected chi connectivity index (χ0v) is 8.95. The van der Waals surface area contributed by atoms with Crippen LogP contribution in [0.4, 0.5) is 0 Å². The molecule has 0 saturated carbocycles. The molecule has 70 valence electrons. The molecule has 0 amide bonds. The lowest BCUT2D eigenvalue weighted by atomic mass is 10.2. The van der Waals surface area contributed by atoms with Gasteiger partial charge in [-0.3, -0.25) is 0 Å². The Morgan fingerprint density at radius 1 is 1.62 bits per heavy atom. The number of hydrogen-bond acceptors (Lipinski definition) is 2. The second-order valence-electron chi connectivity index (χ2n) is 2.76. The maximum absolute atomic E-state index is 3.43. The van der Waals surface area contributed by atoms with Gasteiger partial charge in [0.25, 0.3) is 0 Å². The third-order valence-corrected chi connectivity index (χ3v) is 2.81. The Morgan fingerprint density at radius 3 is 3.00 bits per heavy atom. The van der Waals surface area contributed by atoms with Gasteiger partial charge in [-0.2, -0.15) is 0 Å². The molecule has 0 aliphatic rings. The molecular weight excluding hydrogens is 178 g/mol. The average molecular weight is 193 g/mol. The van der Waals surface area contributed by atoms with Crippen LogP contribution in [0.5, 0.6) is 0 Å². The van der Waals surface area contributed by atoms with Crippen molar-refractivity contribution >= 4 is 11.3 Å². The van der Waals surface area contributed by atoms with E-state index in [9.17, 15) is 0 Å². The second kappa shape index (κ2) is 5.80. The first kappa shape index (κ1) is 10.3. The van der Waals surface area contributed by atoms with Gasteiger partial charge in [-0.1, -0.05) is 13.0 Å². The molecule has 13 heavy (non-hydrogen) atoms. The Bertz CT molecular complexity index is 279. The van der Waals surface area contributed by atoms with E-state index in [2.05, 4.69) is 41.6 Å². The van der Waals surface area contributed by atoms with Crippen LogP contribution in [0.2, 0.25) is 0 Å². The van der Waals surface area contributed by atoms with Crippen molar-refractivity contribution in [2.24, 2.45) is 0 Å². The topological polar surface area (TPSA) is 12.0 Å². The minimum atomic E-state index is 0.414. The molecule has 1 aromatic heterocycles. The van der Waals surface area contributed by atoms with Gasteiger partial charge < -0.3 is 5.32 Å². The number of nitrogens with one attached hydrogen (secondary N) is 1. The first-order valence-corrected chi connectivity index (χ1v) is 5.42. The summed E-state index contributed by atoms with van der Waals surface area (Å²) in [4.78, 5) is 1.38. The monoisotopic (exact) mass is 193 g/mol. The highest BCUT2D eigenvalue weighted by molar-refractivity contribution is 7.10. The Hall–Kier alpha value is -0.780. The smallest absolute Gasteiger partial charge is 0.0525 e. The molecule has 1 rings (SSSR count). The summed E-state index contributed by atoms with van der Waals surface area (Å²) in [5, 5.41) is 5.54. The molecular formula is C11H15NS. The zero-order chi connectivity index (χ0) is 9.52. The minimum absolute atomic E-state index is 0.414. The van der Waals surface area contributed by atoms with Crippen molar-refractivity contribution in [3.05, 3.63) is 22.4 Å². The van der Waals surface area contributed by atoms with Crippen LogP contribution in [0.1, 0.15) is 31.2 Å². The summed E-state index contributed by atoms with van der Waals surface area (Å²) in [5.74, 6) is 6.05. The number of thiophene rings is 1. The summed E-state index contributed by atoms with van der Waals surface area (Å²) in [6.07, 6.45) is 0.908. The Balaban J connectivity index is 2.60. The lowest BCUT2D eigenvalue weighted by molar-refractivity contribution is 0.574. The molecule has 0 saturated heterocycles. The molecule has 1 atom stereocenters. The Labute approximate surface area is 84.2 Å². The number of rotatable bonds is 4. The fourth-order valence-electron chi connectivity index (χ4n) is 1.21. The molecule has 0 aliphatic heterocycles.